The van der Waals surface area contributed by atoms with Crippen molar-refractivity contribution in [2.75, 3.05) is 32.7 Å². The lowest BCUT2D eigenvalue weighted by molar-refractivity contribution is 0.187. The van der Waals surface area contributed by atoms with E-state index in [1.54, 1.807) is 0 Å². The van der Waals surface area contributed by atoms with Crippen LogP contribution in [0.5, 0.6) is 0 Å². The summed E-state index contributed by atoms with van der Waals surface area (Å²) >= 11 is 0. The first kappa shape index (κ1) is 23.2. The summed E-state index contributed by atoms with van der Waals surface area (Å²) in [6.07, 6.45) is 4.43. The highest BCUT2D eigenvalue weighted by molar-refractivity contribution is 14.0. The Morgan fingerprint density at radius 2 is 2.08 bits per heavy atom. The number of aliphatic imine (C=N–C) groups is 1. The van der Waals surface area contributed by atoms with E-state index in [0.29, 0.717) is 6.54 Å². The van der Waals surface area contributed by atoms with Crippen molar-refractivity contribution in [3.63, 3.8) is 0 Å². The minimum Gasteiger partial charge on any atom is -0.361 e. The monoisotopic (exact) mass is 477 g/mol. The van der Waals surface area contributed by atoms with Crippen LogP contribution >= 0.6 is 24.0 Å². The Hall–Kier alpha value is -0.830. The molecule has 150 valence electrons. The first-order valence-corrected chi connectivity index (χ1v) is 9.88. The van der Waals surface area contributed by atoms with Gasteiger partial charge in [0, 0.05) is 38.2 Å². The number of nitrogens with one attached hydrogen (secondary N) is 2. The smallest absolute Gasteiger partial charge is 0.191 e. The van der Waals surface area contributed by atoms with Crippen LogP contribution in [0, 0.1) is 5.92 Å². The van der Waals surface area contributed by atoms with Crippen molar-refractivity contribution in [1.29, 1.82) is 0 Å². The maximum absolute atomic E-state index is 5.43. The molecule has 1 aromatic rings. The van der Waals surface area contributed by atoms with Crippen molar-refractivity contribution in [2.24, 2.45) is 10.9 Å². The van der Waals surface area contributed by atoms with Gasteiger partial charge in [0.15, 0.2) is 5.96 Å². The number of guanidine groups is 1. The molecule has 0 saturated carbocycles. The van der Waals surface area contributed by atoms with Crippen molar-refractivity contribution in [3.8, 4) is 0 Å². The normalized spacial score (nSPS) is 18.5. The molecule has 7 heteroatoms. The quantitative estimate of drug-likeness (QED) is 0.342. The molecule has 2 N–H and O–H groups in total. The predicted octanol–water partition coefficient (Wildman–Crippen LogP) is 3.20. The van der Waals surface area contributed by atoms with Gasteiger partial charge in [-0.25, -0.2) is 4.99 Å². The van der Waals surface area contributed by atoms with Gasteiger partial charge in [0.1, 0.15) is 5.76 Å². The van der Waals surface area contributed by atoms with Crippen LogP contribution in [0.1, 0.15) is 57.6 Å². The van der Waals surface area contributed by atoms with Crippen LogP contribution < -0.4 is 10.6 Å². The first-order chi connectivity index (χ1) is 12.2. The number of piperidine rings is 1. The largest absolute Gasteiger partial charge is 0.361 e. The number of likely N-dealkylation sites (tertiary alicyclic amines) is 1. The van der Waals surface area contributed by atoms with Gasteiger partial charge in [-0.3, -0.25) is 0 Å². The summed E-state index contributed by atoms with van der Waals surface area (Å²) < 4.78 is 5.43. The molecule has 1 unspecified atom stereocenters. The fraction of sp³-hybridized carbons (Fsp3) is 0.789. The third-order valence-electron chi connectivity index (χ3n) is 4.81. The third-order valence-corrected chi connectivity index (χ3v) is 4.81. The van der Waals surface area contributed by atoms with E-state index in [1.165, 1.54) is 25.9 Å². The maximum atomic E-state index is 5.43. The molecule has 2 heterocycles. The van der Waals surface area contributed by atoms with Crippen LogP contribution in [-0.2, 0) is 19.4 Å². The fourth-order valence-electron chi connectivity index (χ4n) is 3.44. The van der Waals surface area contributed by atoms with E-state index < -0.39 is 0 Å². The second-order valence-corrected chi connectivity index (χ2v) is 6.91. The zero-order valence-corrected chi connectivity index (χ0v) is 19.1. The van der Waals surface area contributed by atoms with E-state index in [-0.39, 0.29) is 24.0 Å². The summed E-state index contributed by atoms with van der Waals surface area (Å²) in [5.74, 6) is 2.65. The third kappa shape index (κ3) is 7.06. The lowest BCUT2D eigenvalue weighted by Crippen LogP contribution is -2.43. The first-order valence-electron chi connectivity index (χ1n) is 9.88. The van der Waals surface area contributed by atoms with Gasteiger partial charge in [0.25, 0.3) is 0 Å². The maximum Gasteiger partial charge on any atom is 0.191 e. The van der Waals surface area contributed by atoms with E-state index >= 15 is 0 Å². The van der Waals surface area contributed by atoms with Crippen molar-refractivity contribution in [1.82, 2.24) is 20.7 Å². The van der Waals surface area contributed by atoms with Crippen LogP contribution in [-0.4, -0.2) is 48.7 Å². The Balaban J connectivity index is 0.00000338. The van der Waals surface area contributed by atoms with Gasteiger partial charge in [-0.2, -0.15) is 0 Å². The van der Waals surface area contributed by atoms with Gasteiger partial charge < -0.3 is 20.1 Å². The summed E-state index contributed by atoms with van der Waals surface area (Å²) in [6, 6.07) is 0. The molecule has 1 atom stereocenters. The van der Waals surface area contributed by atoms with Crippen molar-refractivity contribution in [2.45, 2.75) is 59.9 Å². The van der Waals surface area contributed by atoms with Crippen molar-refractivity contribution in [3.05, 3.63) is 17.0 Å². The fourth-order valence-corrected chi connectivity index (χ4v) is 3.44. The number of hydrogen-bond acceptors (Lipinski definition) is 4. The number of rotatable bonds is 8. The number of nitrogens with zero attached hydrogens (tertiary/aromatic N) is 3. The number of aryl methyl sites for hydroxylation is 2. The number of halogens is 1. The van der Waals surface area contributed by atoms with E-state index in [2.05, 4.69) is 48.4 Å². The molecule has 1 aliphatic heterocycles. The van der Waals surface area contributed by atoms with Gasteiger partial charge in [-0.1, -0.05) is 25.9 Å². The van der Waals surface area contributed by atoms with Crippen LogP contribution in [0.3, 0.4) is 0 Å². The Morgan fingerprint density at radius 1 is 1.27 bits per heavy atom. The molecule has 1 aromatic heterocycles. The summed E-state index contributed by atoms with van der Waals surface area (Å²) in [6.45, 7) is 14.5. The van der Waals surface area contributed by atoms with Gasteiger partial charge in [-0.05, 0) is 38.6 Å². The average Bonchev–Trinajstić information content (AvgIpc) is 3.01. The predicted molar refractivity (Wildman–Crippen MR) is 118 cm³/mol. The van der Waals surface area contributed by atoms with E-state index in [0.717, 1.165) is 61.4 Å². The van der Waals surface area contributed by atoms with Gasteiger partial charge in [0.2, 0.25) is 0 Å². The highest BCUT2D eigenvalue weighted by atomic mass is 127. The van der Waals surface area contributed by atoms with Crippen LogP contribution in [0.15, 0.2) is 9.52 Å². The molecule has 0 aliphatic carbocycles. The molecule has 1 aliphatic rings. The molecule has 1 saturated heterocycles. The lowest BCUT2D eigenvalue weighted by Gasteiger charge is -2.30. The summed E-state index contributed by atoms with van der Waals surface area (Å²) in [5.41, 5.74) is 2.17. The molecule has 1 fully saturated rings. The Labute approximate surface area is 175 Å². The van der Waals surface area contributed by atoms with Crippen molar-refractivity contribution >= 4 is 29.9 Å². The minimum absolute atomic E-state index is 0. The zero-order valence-electron chi connectivity index (χ0n) is 16.8. The molecule has 2 rings (SSSR count). The molecule has 0 amide bonds. The topological polar surface area (TPSA) is 65.7 Å². The van der Waals surface area contributed by atoms with E-state index in [9.17, 15) is 0 Å². The second-order valence-electron chi connectivity index (χ2n) is 6.91. The molecule has 0 spiro atoms. The van der Waals surface area contributed by atoms with E-state index in [4.69, 9.17) is 9.52 Å². The van der Waals surface area contributed by atoms with Crippen LogP contribution in [0.4, 0.5) is 0 Å². The Morgan fingerprint density at radius 3 is 2.73 bits per heavy atom. The SMILES string of the molecule is CCNC(=NCc1c(CC)noc1CC)NCCN1CCCC(C)C1.I. The van der Waals surface area contributed by atoms with Crippen LogP contribution in [0.2, 0.25) is 0 Å². The van der Waals surface area contributed by atoms with Crippen LogP contribution in [0.25, 0.3) is 0 Å². The minimum atomic E-state index is 0. The standard InChI is InChI=1S/C19H35N5O.HI/c1-5-17-16(18(6-2)25-23-17)13-22-19(20-7-3)21-10-12-24-11-8-9-15(4)14-24;/h15H,5-14H2,1-4H3,(H2,20,21,22);1H. The molecular weight excluding hydrogens is 441 g/mol. The number of hydrogen-bond donors (Lipinski definition) is 2. The zero-order chi connectivity index (χ0) is 18.1. The molecule has 0 radical (unpaired) electrons. The highest BCUT2D eigenvalue weighted by Gasteiger charge is 2.16. The van der Waals surface area contributed by atoms with Gasteiger partial charge in [-0.15, -0.1) is 24.0 Å². The van der Waals surface area contributed by atoms with Crippen molar-refractivity contribution < 1.29 is 4.52 Å². The van der Waals surface area contributed by atoms with Gasteiger partial charge in [0.05, 0.1) is 12.2 Å². The van der Waals surface area contributed by atoms with Gasteiger partial charge >= 0.3 is 0 Å². The lowest BCUT2D eigenvalue weighted by atomic mass is 10.0. The molecule has 0 aromatic carbocycles. The molecule has 26 heavy (non-hydrogen) atoms. The molecular formula is C19H36IN5O. The second kappa shape index (κ2) is 12.5. The summed E-state index contributed by atoms with van der Waals surface area (Å²) in [5, 5.41) is 11.0. The summed E-state index contributed by atoms with van der Waals surface area (Å²) in [4.78, 5) is 7.30. The molecule has 6 nitrogen and oxygen atoms in total. The highest BCUT2D eigenvalue weighted by Crippen LogP contribution is 2.17. The Kier molecular flexibility index (Phi) is 11.2. The van der Waals surface area contributed by atoms with E-state index in [1.807, 2.05) is 0 Å². The Bertz CT molecular complexity index is 525. The molecule has 0 bridgehead atoms. The number of aromatic nitrogens is 1. The average molecular weight is 477 g/mol. The summed E-state index contributed by atoms with van der Waals surface area (Å²) in [7, 11) is 0.